The molecule has 0 radical (unpaired) electrons. The summed E-state index contributed by atoms with van der Waals surface area (Å²) in [5, 5.41) is 0.537. The Morgan fingerprint density at radius 1 is 1.62 bits per heavy atom. The molecule has 5 heteroatoms. The molecule has 16 heavy (non-hydrogen) atoms. The van der Waals surface area contributed by atoms with E-state index in [1.165, 1.54) is 0 Å². The minimum Gasteiger partial charge on any atom is -0.490 e. The lowest BCUT2D eigenvalue weighted by atomic mass is 10.2. The Kier molecular flexibility index (Phi) is 3.61. The normalized spacial score (nSPS) is 13.9. The number of rotatable bonds is 2. The molecule has 86 valence electrons. The second-order valence-electron chi connectivity index (χ2n) is 3.17. The Morgan fingerprint density at radius 2 is 2.44 bits per heavy atom. The average molecular weight is 259 g/mol. The Morgan fingerprint density at radius 3 is 3.19 bits per heavy atom. The van der Waals surface area contributed by atoms with E-state index >= 15 is 0 Å². The van der Waals surface area contributed by atoms with Crippen molar-refractivity contribution in [3.05, 3.63) is 22.7 Å². The highest BCUT2D eigenvalue weighted by molar-refractivity contribution is 7.99. The predicted molar refractivity (Wildman–Crippen MR) is 63.6 cm³/mol. The molecule has 0 aromatic heterocycles. The van der Waals surface area contributed by atoms with E-state index in [0.717, 1.165) is 10.6 Å². The van der Waals surface area contributed by atoms with E-state index in [4.69, 9.17) is 21.1 Å². The molecule has 3 nitrogen and oxygen atoms in total. The molecule has 0 N–H and O–H groups in total. The van der Waals surface area contributed by atoms with Gasteiger partial charge >= 0.3 is 5.97 Å². The highest BCUT2D eigenvalue weighted by Crippen LogP contribution is 2.41. The molecule has 0 spiro atoms. The quantitative estimate of drug-likeness (QED) is 0.764. The van der Waals surface area contributed by atoms with Crippen LogP contribution in [0.15, 0.2) is 17.0 Å². The minimum absolute atomic E-state index is 0.326. The molecule has 1 aliphatic rings. The maximum absolute atomic E-state index is 11.7. The van der Waals surface area contributed by atoms with Crippen molar-refractivity contribution in [1.29, 1.82) is 0 Å². The standard InChI is InChI=1S/C11H11ClO3S/c1-2-14-11(13)7-3-4-8(12)9-10(7)16-6-5-15-9/h3-4H,2,5-6H2,1H3. The van der Waals surface area contributed by atoms with E-state index in [1.807, 2.05) is 0 Å². The van der Waals surface area contributed by atoms with Gasteiger partial charge in [-0.05, 0) is 19.1 Å². The second kappa shape index (κ2) is 4.97. The Bertz CT molecular complexity index is 420. The summed E-state index contributed by atoms with van der Waals surface area (Å²) in [6.45, 7) is 2.76. The number of carbonyl (C=O) groups excluding carboxylic acids is 1. The highest BCUT2D eigenvalue weighted by Gasteiger charge is 2.22. The van der Waals surface area contributed by atoms with Crippen molar-refractivity contribution in [3.8, 4) is 5.75 Å². The fourth-order valence-corrected chi connectivity index (χ4v) is 2.72. The minimum atomic E-state index is -0.326. The van der Waals surface area contributed by atoms with Gasteiger partial charge in [-0.25, -0.2) is 4.79 Å². The molecule has 1 aromatic rings. The van der Waals surface area contributed by atoms with E-state index in [-0.39, 0.29) is 5.97 Å². The molecule has 1 aromatic carbocycles. The van der Waals surface area contributed by atoms with E-state index in [1.54, 1.807) is 30.8 Å². The molecular weight excluding hydrogens is 248 g/mol. The van der Waals surface area contributed by atoms with Crippen LogP contribution in [-0.4, -0.2) is 24.9 Å². The van der Waals surface area contributed by atoms with Gasteiger partial charge in [0.15, 0.2) is 5.75 Å². The molecule has 1 heterocycles. The van der Waals surface area contributed by atoms with Crippen LogP contribution >= 0.6 is 23.4 Å². The molecule has 1 aliphatic heterocycles. The van der Waals surface area contributed by atoms with Crippen molar-refractivity contribution in [2.75, 3.05) is 19.0 Å². The number of benzene rings is 1. The fraction of sp³-hybridized carbons (Fsp3) is 0.364. The summed E-state index contributed by atoms with van der Waals surface area (Å²) in [7, 11) is 0. The number of esters is 1. The monoisotopic (exact) mass is 258 g/mol. The summed E-state index contributed by atoms with van der Waals surface area (Å²) in [5.74, 6) is 1.09. The van der Waals surface area contributed by atoms with Crippen LogP contribution in [0.4, 0.5) is 0 Å². The number of thioether (sulfide) groups is 1. The lowest BCUT2D eigenvalue weighted by molar-refractivity contribution is 0.0521. The van der Waals surface area contributed by atoms with Gasteiger partial charge in [0.05, 0.1) is 28.7 Å². The first-order chi connectivity index (χ1) is 7.74. The number of hydrogen-bond acceptors (Lipinski definition) is 4. The average Bonchev–Trinajstić information content (AvgIpc) is 2.30. The molecule has 2 rings (SSSR count). The SMILES string of the molecule is CCOC(=O)c1ccc(Cl)c2c1SCCO2. The third kappa shape index (κ3) is 2.13. The van der Waals surface area contributed by atoms with Crippen molar-refractivity contribution >= 4 is 29.3 Å². The van der Waals surface area contributed by atoms with Gasteiger partial charge in [-0.15, -0.1) is 11.8 Å². The molecule has 0 saturated heterocycles. The smallest absolute Gasteiger partial charge is 0.339 e. The zero-order valence-electron chi connectivity index (χ0n) is 8.79. The van der Waals surface area contributed by atoms with Crippen molar-refractivity contribution in [1.82, 2.24) is 0 Å². The van der Waals surface area contributed by atoms with E-state index in [2.05, 4.69) is 0 Å². The number of ether oxygens (including phenoxy) is 2. The largest absolute Gasteiger partial charge is 0.490 e. The third-order valence-corrected chi connectivity index (χ3v) is 3.50. The summed E-state index contributed by atoms with van der Waals surface area (Å²) in [6.07, 6.45) is 0. The topological polar surface area (TPSA) is 35.5 Å². The zero-order valence-corrected chi connectivity index (χ0v) is 10.4. The molecule has 0 aliphatic carbocycles. The van der Waals surface area contributed by atoms with Crippen molar-refractivity contribution in [2.24, 2.45) is 0 Å². The number of halogens is 1. The molecule has 0 bridgehead atoms. The number of fused-ring (bicyclic) bond motifs is 1. The lowest BCUT2D eigenvalue weighted by Gasteiger charge is -2.20. The summed E-state index contributed by atoms with van der Waals surface area (Å²) in [6, 6.07) is 3.35. The molecule has 0 unspecified atom stereocenters. The van der Waals surface area contributed by atoms with Crippen LogP contribution in [0, 0.1) is 0 Å². The molecule has 0 fully saturated rings. The van der Waals surface area contributed by atoms with E-state index in [9.17, 15) is 4.79 Å². The first-order valence-corrected chi connectivity index (χ1v) is 6.35. The fourth-order valence-electron chi connectivity index (χ4n) is 1.47. The third-order valence-electron chi connectivity index (χ3n) is 2.14. The van der Waals surface area contributed by atoms with Gasteiger partial charge in [-0.2, -0.15) is 0 Å². The molecule has 0 saturated carbocycles. The van der Waals surface area contributed by atoms with Gasteiger partial charge in [0, 0.05) is 5.75 Å². The van der Waals surface area contributed by atoms with Crippen LogP contribution in [0.1, 0.15) is 17.3 Å². The van der Waals surface area contributed by atoms with Crippen LogP contribution < -0.4 is 4.74 Å². The van der Waals surface area contributed by atoms with Crippen LogP contribution in [0.25, 0.3) is 0 Å². The summed E-state index contributed by atoms with van der Waals surface area (Å²) in [5.41, 5.74) is 0.533. The maximum Gasteiger partial charge on any atom is 0.339 e. The van der Waals surface area contributed by atoms with Crippen LogP contribution in [0.2, 0.25) is 5.02 Å². The van der Waals surface area contributed by atoms with Crippen LogP contribution in [-0.2, 0) is 4.74 Å². The first-order valence-electron chi connectivity index (χ1n) is 4.99. The van der Waals surface area contributed by atoms with Gasteiger partial charge in [0.1, 0.15) is 0 Å². The van der Waals surface area contributed by atoms with Gasteiger partial charge in [0.2, 0.25) is 0 Å². The molecule has 0 atom stereocenters. The van der Waals surface area contributed by atoms with Crippen molar-refractivity contribution in [3.63, 3.8) is 0 Å². The summed E-state index contributed by atoms with van der Waals surface area (Å²) in [4.78, 5) is 12.5. The van der Waals surface area contributed by atoms with Gasteiger partial charge in [-0.1, -0.05) is 11.6 Å². The van der Waals surface area contributed by atoms with Crippen LogP contribution in [0.3, 0.4) is 0 Å². The molecular formula is C11H11ClO3S. The first kappa shape index (κ1) is 11.6. The number of carbonyl (C=O) groups is 1. The maximum atomic E-state index is 11.7. The van der Waals surface area contributed by atoms with Gasteiger partial charge in [-0.3, -0.25) is 0 Å². The van der Waals surface area contributed by atoms with Gasteiger partial charge in [0.25, 0.3) is 0 Å². The zero-order chi connectivity index (χ0) is 11.5. The summed E-state index contributed by atoms with van der Waals surface area (Å²) < 4.78 is 10.4. The Balaban J connectivity index is 2.42. The molecule has 0 amide bonds. The second-order valence-corrected chi connectivity index (χ2v) is 4.68. The Labute approximate surface area is 103 Å². The van der Waals surface area contributed by atoms with Crippen molar-refractivity contribution in [2.45, 2.75) is 11.8 Å². The summed E-state index contributed by atoms with van der Waals surface area (Å²) >= 11 is 7.58. The van der Waals surface area contributed by atoms with E-state index in [0.29, 0.717) is 29.5 Å². The van der Waals surface area contributed by atoms with E-state index < -0.39 is 0 Å². The van der Waals surface area contributed by atoms with Gasteiger partial charge < -0.3 is 9.47 Å². The number of hydrogen-bond donors (Lipinski definition) is 0. The highest BCUT2D eigenvalue weighted by atomic mass is 35.5. The predicted octanol–water partition coefficient (Wildman–Crippen LogP) is 3.00. The lowest BCUT2D eigenvalue weighted by Crippen LogP contribution is -2.12. The van der Waals surface area contributed by atoms with Crippen molar-refractivity contribution < 1.29 is 14.3 Å². The Hall–Kier alpha value is -0.870. The van der Waals surface area contributed by atoms with Crippen LogP contribution in [0.5, 0.6) is 5.75 Å².